The molecule has 1 atom stereocenters. The van der Waals surface area contributed by atoms with Gasteiger partial charge >= 0.3 is 0 Å². The molecule has 0 saturated heterocycles. The van der Waals surface area contributed by atoms with Crippen molar-refractivity contribution in [2.45, 2.75) is 25.3 Å². The highest BCUT2D eigenvalue weighted by molar-refractivity contribution is 7.12. The molecule has 1 aromatic heterocycles. The second kappa shape index (κ2) is 5.22. The van der Waals surface area contributed by atoms with E-state index < -0.39 is 23.5 Å². The molecule has 5 heteroatoms. The molecular formula is C15H14F3NS. The van der Waals surface area contributed by atoms with Crippen LogP contribution >= 0.6 is 11.3 Å². The van der Waals surface area contributed by atoms with Crippen molar-refractivity contribution in [3.8, 4) is 0 Å². The Morgan fingerprint density at radius 1 is 1.10 bits per heavy atom. The molecule has 0 amide bonds. The van der Waals surface area contributed by atoms with E-state index in [1.165, 1.54) is 10.4 Å². The van der Waals surface area contributed by atoms with E-state index in [9.17, 15) is 13.2 Å². The third-order valence-corrected chi connectivity index (χ3v) is 4.97. The fourth-order valence-electron chi connectivity index (χ4n) is 2.75. The molecule has 1 aliphatic carbocycles. The molecule has 1 unspecified atom stereocenters. The summed E-state index contributed by atoms with van der Waals surface area (Å²) < 4.78 is 40.9. The summed E-state index contributed by atoms with van der Waals surface area (Å²) in [6.45, 7) is 0. The van der Waals surface area contributed by atoms with Crippen molar-refractivity contribution in [2.24, 2.45) is 0 Å². The van der Waals surface area contributed by atoms with Crippen LogP contribution in [0, 0.1) is 17.5 Å². The van der Waals surface area contributed by atoms with Gasteiger partial charge in [0.2, 0.25) is 0 Å². The highest BCUT2D eigenvalue weighted by Crippen LogP contribution is 2.37. The van der Waals surface area contributed by atoms with Crippen molar-refractivity contribution in [3.05, 3.63) is 56.5 Å². The zero-order chi connectivity index (χ0) is 14.3. The van der Waals surface area contributed by atoms with Gasteiger partial charge in [-0.2, -0.15) is 0 Å². The minimum Gasteiger partial charge on any atom is -0.308 e. The Bertz CT molecular complexity index is 606. The predicted octanol–water partition coefficient (Wildman–Crippen LogP) is 3.96. The number of fused-ring (bicyclic) bond motifs is 1. The summed E-state index contributed by atoms with van der Waals surface area (Å²) in [6.07, 6.45) is 3.20. The molecule has 1 nitrogen and oxygen atoms in total. The van der Waals surface area contributed by atoms with Crippen LogP contribution in [0.15, 0.2) is 18.2 Å². The van der Waals surface area contributed by atoms with Gasteiger partial charge in [0.15, 0.2) is 0 Å². The lowest BCUT2D eigenvalue weighted by molar-refractivity contribution is 0.502. The molecule has 0 fully saturated rings. The number of aryl methyl sites for hydroxylation is 2. The molecule has 0 bridgehead atoms. The number of rotatable bonds is 3. The molecule has 0 aliphatic heterocycles. The van der Waals surface area contributed by atoms with Gasteiger partial charge in [-0.3, -0.25) is 0 Å². The van der Waals surface area contributed by atoms with E-state index in [2.05, 4.69) is 5.32 Å². The van der Waals surface area contributed by atoms with Gasteiger partial charge in [0, 0.05) is 27.5 Å². The number of hydrogen-bond acceptors (Lipinski definition) is 2. The lowest BCUT2D eigenvalue weighted by Crippen LogP contribution is -2.19. The van der Waals surface area contributed by atoms with E-state index in [4.69, 9.17) is 0 Å². The van der Waals surface area contributed by atoms with E-state index in [-0.39, 0.29) is 5.56 Å². The maximum Gasteiger partial charge on any atom is 0.134 e. The summed E-state index contributed by atoms with van der Waals surface area (Å²) in [5.74, 6) is -2.60. The average molecular weight is 297 g/mol. The molecule has 1 heterocycles. The summed E-state index contributed by atoms with van der Waals surface area (Å²) in [5, 5.41) is 2.93. The number of thiophene rings is 1. The highest BCUT2D eigenvalue weighted by Gasteiger charge is 2.25. The van der Waals surface area contributed by atoms with E-state index in [0.717, 1.165) is 36.3 Å². The Morgan fingerprint density at radius 2 is 1.80 bits per heavy atom. The Hall–Kier alpha value is -1.33. The van der Waals surface area contributed by atoms with Gasteiger partial charge in [0.25, 0.3) is 0 Å². The summed E-state index contributed by atoms with van der Waals surface area (Å²) in [7, 11) is 1.65. The largest absolute Gasteiger partial charge is 0.308 e. The van der Waals surface area contributed by atoms with Gasteiger partial charge in [-0.25, -0.2) is 13.2 Å². The Balaban J connectivity index is 2.05. The highest BCUT2D eigenvalue weighted by atomic mass is 32.1. The molecule has 20 heavy (non-hydrogen) atoms. The third kappa shape index (κ3) is 2.25. The van der Waals surface area contributed by atoms with Crippen molar-refractivity contribution < 1.29 is 13.2 Å². The van der Waals surface area contributed by atoms with Gasteiger partial charge in [-0.1, -0.05) is 0 Å². The molecular weight excluding hydrogens is 283 g/mol. The zero-order valence-corrected chi connectivity index (χ0v) is 11.8. The SMILES string of the molecule is CNC(c1cc2c(s1)CCC2)c1c(F)cc(F)cc1F. The smallest absolute Gasteiger partial charge is 0.134 e. The summed E-state index contributed by atoms with van der Waals surface area (Å²) >= 11 is 1.58. The molecule has 1 aromatic carbocycles. The topological polar surface area (TPSA) is 12.0 Å². The lowest BCUT2D eigenvalue weighted by atomic mass is 10.0. The number of benzene rings is 1. The van der Waals surface area contributed by atoms with Crippen LogP contribution in [-0.4, -0.2) is 7.05 Å². The van der Waals surface area contributed by atoms with Crippen LogP contribution in [0.1, 0.15) is 33.3 Å². The zero-order valence-electron chi connectivity index (χ0n) is 11.0. The van der Waals surface area contributed by atoms with Crippen LogP contribution in [0.25, 0.3) is 0 Å². The molecule has 0 radical (unpaired) electrons. The molecule has 106 valence electrons. The van der Waals surface area contributed by atoms with E-state index in [1.807, 2.05) is 6.07 Å². The number of halogens is 3. The lowest BCUT2D eigenvalue weighted by Gasteiger charge is -2.17. The van der Waals surface area contributed by atoms with Gasteiger partial charge in [0.05, 0.1) is 6.04 Å². The summed E-state index contributed by atoms with van der Waals surface area (Å²) in [5.41, 5.74) is 1.15. The first-order valence-electron chi connectivity index (χ1n) is 6.53. The normalized spacial score (nSPS) is 15.4. The maximum atomic E-state index is 13.9. The standard InChI is InChI=1S/C15H14F3NS/c1-19-15(13-5-8-3-2-4-12(8)20-13)14-10(17)6-9(16)7-11(14)18/h5-7,15,19H,2-4H2,1H3. The van der Waals surface area contributed by atoms with Crippen LogP contribution < -0.4 is 5.32 Å². The molecule has 1 N–H and O–H groups in total. The minimum atomic E-state index is -0.896. The number of hydrogen-bond donors (Lipinski definition) is 1. The van der Waals surface area contributed by atoms with Gasteiger partial charge < -0.3 is 5.32 Å². The summed E-state index contributed by atoms with van der Waals surface area (Å²) in [6, 6.07) is 2.89. The minimum absolute atomic E-state index is 0.117. The quantitative estimate of drug-likeness (QED) is 0.904. The predicted molar refractivity (Wildman–Crippen MR) is 73.6 cm³/mol. The fourth-order valence-corrected chi connectivity index (χ4v) is 4.13. The monoisotopic (exact) mass is 297 g/mol. The third-order valence-electron chi connectivity index (χ3n) is 3.67. The van der Waals surface area contributed by atoms with E-state index in [0.29, 0.717) is 0 Å². The van der Waals surface area contributed by atoms with Crippen molar-refractivity contribution >= 4 is 11.3 Å². The van der Waals surface area contributed by atoms with Crippen molar-refractivity contribution in [3.63, 3.8) is 0 Å². The first-order valence-corrected chi connectivity index (χ1v) is 7.35. The second-order valence-electron chi connectivity index (χ2n) is 4.96. The second-order valence-corrected chi connectivity index (χ2v) is 6.12. The van der Waals surface area contributed by atoms with E-state index in [1.54, 1.807) is 18.4 Å². The van der Waals surface area contributed by atoms with Crippen LogP contribution in [0.4, 0.5) is 13.2 Å². The first-order chi connectivity index (χ1) is 9.60. The first kappa shape index (κ1) is 13.6. The molecule has 1 aliphatic rings. The van der Waals surface area contributed by atoms with Crippen LogP contribution in [0.5, 0.6) is 0 Å². The van der Waals surface area contributed by atoms with E-state index >= 15 is 0 Å². The van der Waals surface area contributed by atoms with Crippen LogP contribution in [0.2, 0.25) is 0 Å². The van der Waals surface area contributed by atoms with Crippen molar-refractivity contribution in [2.75, 3.05) is 7.05 Å². The van der Waals surface area contributed by atoms with Gasteiger partial charge in [0.1, 0.15) is 17.5 Å². The van der Waals surface area contributed by atoms with Crippen molar-refractivity contribution in [1.29, 1.82) is 0 Å². The Kier molecular flexibility index (Phi) is 3.56. The fraction of sp³-hybridized carbons (Fsp3) is 0.333. The van der Waals surface area contributed by atoms with Crippen molar-refractivity contribution in [1.82, 2.24) is 5.32 Å². The van der Waals surface area contributed by atoms with Crippen LogP contribution in [-0.2, 0) is 12.8 Å². The maximum absolute atomic E-state index is 13.9. The van der Waals surface area contributed by atoms with Gasteiger partial charge in [-0.15, -0.1) is 11.3 Å². The van der Waals surface area contributed by atoms with Gasteiger partial charge in [-0.05, 0) is 37.9 Å². The number of nitrogens with one attached hydrogen (secondary N) is 1. The molecule has 0 saturated carbocycles. The average Bonchev–Trinajstić information content (AvgIpc) is 2.93. The Labute approximate surface area is 119 Å². The molecule has 2 aromatic rings. The summed E-state index contributed by atoms with van der Waals surface area (Å²) in [4.78, 5) is 2.17. The Morgan fingerprint density at radius 3 is 2.40 bits per heavy atom. The molecule has 3 rings (SSSR count). The molecule has 0 spiro atoms. The van der Waals surface area contributed by atoms with Crippen LogP contribution in [0.3, 0.4) is 0 Å².